The maximum Gasteiger partial charge on any atom is 0.268 e. The summed E-state index contributed by atoms with van der Waals surface area (Å²) in [6, 6.07) is 25.0. The van der Waals surface area contributed by atoms with Gasteiger partial charge in [0.25, 0.3) is 11.8 Å². The number of carbonyl (C=O) groups excluding carboxylic acids is 2. The average molecular weight is 557 g/mol. The number of imide groups is 1. The van der Waals surface area contributed by atoms with Crippen LogP contribution in [-0.4, -0.2) is 16.4 Å². The Morgan fingerprint density at radius 1 is 0.714 bits per heavy atom. The molecule has 1 aliphatic heterocycles. The number of para-hydroxylation sites is 1. The van der Waals surface area contributed by atoms with Gasteiger partial charge in [0.1, 0.15) is 0 Å². The maximum atomic E-state index is 14.5. The molecular formula is C38H40N2O2. The molecule has 0 spiro atoms. The zero-order chi connectivity index (χ0) is 29.9. The van der Waals surface area contributed by atoms with Gasteiger partial charge >= 0.3 is 0 Å². The molecule has 5 aromatic rings. The fourth-order valence-corrected chi connectivity index (χ4v) is 6.75. The average Bonchev–Trinajstić information content (AvgIpc) is 3.42. The van der Waals surface area contributed by atoms with E-state index in [0.29, 0.717) is 17.0 Å². The Balaban J connectivity index is 1.60. The van der Waals surface area contributed by atoms with Crippen LogP contribution in [0.3, 0.4) is 0 Å². The number of nitrogens with zero attached hydrogens (tertiary/aromatic N) is 2. The Bertz CT molecular complexity index is 1850. The minimum Gasteiger partial charge on any atom is -0.308 e. The number of aromatic nitrogens is 1. The zero-order valence-electron chi connectivity index (χ0n) is 25.8. The Morgan fingerprint density at radius 3 is 1.98 bits per heavy atom. The first-order valence-corrected chi connectivity index (χ1v) is 15.3. The SMILES string of the molecule is CCCC(C)c1ccc2c(c1)c1cc(C)ccc1n2-c1cccc2c1C(=O)N(c1c(C(C)C)cccc1C(C)C)C2=O. The minimum atomic E-state index is -0.254. The lowest BCUT2D eigenvalue weighted by atomic mass is 9.92. The van der Waals surface area contributed by atoms with Crippen LogP contribution in [0.2, 0.25) is 0 Å². The fraction of sp³-hybridized carbons (Fsp3) is 0.316. The van der Waals surface area contributed by atoms with Gasteiger partial charge in [-0.25, -0.2) is 4.90 Å². The van der Waals surface area contributed by atoms with E-state index < -0.39 is 0 Å². The summed E-state index contributed by atoms with van der Waals surface area (Å²) in [7, 11) is 0. The van der Waals surface area contributed by atoms with E-state index in [1.54, 1.807) is 6.07 Å². The fourth-order valence-electron chi connectivity index (χ4n) is 6.75. The van der Waals surface area contributed by atoms with Crippen LogP contribution in [0.15, 0.2) is 72.8 Å². The lowest BCUT2D eigenvalue weighted by Gasteiger charge is -2.25. The van der Waals surface area contributed by atoms with Gasteiger partial charge in [-0.1, -0.05) is 89.9 Å². The summed E-state index contributed by atoms with van der Waals surface area (Å²) in [4.78, 5) is 30.1. The summed E-state index contributed by atoms with van der Waals surface area (Å²) in [6.45, 7) is 15.1. The number of benzene rings is 4. The Kier molecular flexibility index (Phi) is 7.04. The van der Waals surface area contributed by atoms with Crippen LogP contribution in [0.4, 0.5) is 5.69 Å². The highest BCUT2D eigenvalue weighted by molar-refractivity contribution is 6.36. The molecule has 6 rings (SSSR count). The van der Waals surface area contributed by atoms with Gasteiger partial charge in [-0.3, -0.25) is 9.59 Å². The van der Waals surface area contributed by atoms with Crippen molar-refractivity contribution < 1.29 is 9.59 Å². The molecule has 0 saturated carbocycles. The van der Waals surface area contributed by atoms with Gasteiger partial charge in [-0.2, -0.15) is 0 Å². The van der Waals surface area contributed by atoms with Crippen molar-refractivity contribution in [1.82, 2.24) is 4.57 Å². The van der Waals surface area contributed by atoms with Gasteiger partial charge in [0, 0.05) is 10.8 Å². The third-order valence-corrected chi connectivity index (χ3v) is 8.94. The first-order chi connectivity index (χ1) is 20.1. The molecule has 42 heavy (non-hydrogen) atoms. The first kappa shape index (κ1) is 28.0. The van der Waals surface area contributed by atoms with Crippen molar-refractivity contribution in [1.29, 1.82) is 0 Å². The van der Waals surface area contributed by atoms with E-state index in [2.05, 4.69) is 89.4 Å². The number of aryl methyl sites for hydroxylation is 1. The van der Waals surface area contributed by atoms with E-state index in [-0.39, 0.29) is 23.7 Å². The predicted octanol–water partition coefficient (Wildman–Crippen LogP) is 10.0. The van der Waals surface area contributed by atoms with Crippen LogP contribution in [0, 0.1) is 6.92 Å². The summed E-state index contributed by atoms with van der Waals surface area (Å²) in [5.41, 5.74) is 9.04. The molecule has 1 aromatic heterocycles. The second-order valence-corrected chi connectivity index (χ2v) is 12.6. The van der Waals surface area contributed by atoms with Crippen molar-refractivity contribution in [2.75, 3.05) is 4.90 Å². The van der Waals surface area contributed by atoms with E-state index in [9.17, 15) is 9.59 Å². The molecule has 0 radical (unpaired) electrons. The normalized spacial score (nSPS) is 14.2. The van der Waals surface area contributed by atoms with Gasteiger partial charge < -0.3 is 4.57 Å². The molecule has 214 valence electrons. The number of hydrogen-bond donors (Lipinski definition) is 0. The lowest BCUT2D eigenvalue weighted by molar-refractivity contribution is 0.0925. The Morgan fingerprint density at radius 2 is 1.33 bits per heavy atom. The molecule has 1 aliphatic rings. The second kappa shape index (κ2) is 10.6. The van der Waals surface area contributed by atoms with Gasteiger partial charge in [0.2, 0.25) is 0 Å². The van der Waals surface area contributed by atoms with Crippen LogP contribution in [-0.2, 0) is 0 Å². The summed E-state index contributed by atoms with van der Waals surface area (Å²) in [6.07, 6.45) is 2.28. The highest BCUT2D eigenvalue weighted by Gasteiger charge is 2.41. The molecule has 4 aromatic carbocycles. The third-order valence-electron chi connectivity index (χ3n) is 8.94. The molecule has 0 bridgehead atoms. The Labute approximate surface area is 249 Å². The largest absolute Gasteiger partial charge is 0.308 e. The van der Waals surface area contributed by atoms with Gasteiger partial charge in [0.05, 0.1) is 33.5 Å². The summed E-state index contributed by atoms with van der Waals surface area (Å²) >= 11 is 0. The topological polar surface area (TPSA) is 42.3 Å². The molecule has 4 heteroatoms. The van der Waals surface area contributed by atoms with Crippen molar-refractivity contribution >= 4 is 39.3 Å². The number of fused-ring (bicyclic) bond motifs is 4. The maximum absolute atomic E-state index is 14.5. The van der Waals surface area contributed by atoms with Crippen molar-refractivity contribution in [2.24, 2.45) is 0 Å². The molecule has 0 N–H and O–H groups in total. The van der Waals surface area contributed by atoms with E-state index in [1.807, 2.05) is 30.3 Å². The Hall–Kier alpha value is -4.18. The highest BCUT2D eigenvalue weighted by atomic mass is 16.2. The van der Waals surface area contributed by atoms with E-state index in [4.69, 9.17) is 0 Å². The summed E-state index contributed by atoms with van der Waals surface area (Å²) in [5.74, 6) is 0.280. The molecule has 2 heterocycles. The van der Waals surface area contributed by atoms with Crippen LogP contribution in [0.25, 0.3) is 27.5 Å². The number of anilines is 1. The summed E-state index contributed by atoms with van der Waals surface area (Å²) in [5, 5.41) is 2.33. The van der Waals surface area contributed by atoms with Gasteiger partial charge in [-0.05, 0) is 84.2 Å². The second-order valence-electron chi connectivity index (χ2n) is 12.6. The third kappa shape index (κ3) is 4.27. The quantitative estimate of drug-likeness (QED) is 0.187. The number of rotatable bonds is 7. The highest BCUT2D eigenvalue weighted by Crippen LogP contribution is 2.42. The van der Waals surface area contributed by atoms with Crippen molar-refractivity contribution in [3.63, 3.8) is 0 Å². The number of hydrogen-bond acceptors (Lipinski definition) is 2. The summed E-state index contributed by atoms with van der Waals surface area (Å²) < 4.78 is 2.18. The molecule has 2 amide bonds. The monoisotopic (exact) mass is 556 g/mol. The number of amides is 2. The smallest absolute Gasteiger partial charge is 0.268 e. The molecule has 0 saturated heterocycles. The standard InChI is InChI=1S/C38H40N2O2/c1-8-11-25(7)26-17-19-33-31(21-26)30-20-24(6)16-18-32(30)39(33)34-15-10-14-29-35(34)38(42)40(37(29)41)36-27(22(2)3)12-9-13-28(36)23(4)5/h9-10,12-23,25H,8,11H2,1-7H3. The lowest BCUT2D eigenvalue weighted by Crippen LogP contribution is -2.32. The van der Waals surface area contributed by atoms with Crippen molar-refractivity contribution in [2.45, 2.75) is 79.1 Å². The van der Waals surface area contributed by atoms with Crippen LogP contribution in [0.5, 0.6) is 0 Å². The zero-order valence-corrected chi connectivity index (χ0v) is 25.8. The van der Waals surface area contributed by atoms with Crippen LogP contribution in [0.1, 0.15) is 115 Å². The molecule has 0 fully saturated rings. The van der Waals surface area contributed by atoms with Crippen LogP contribution < -0.4 is 4.90 Å². The van der Waals surface area contributed by atoms with Crippen molar-refractivity contribution in [3.8, 4) is 5.69 Å². The number of carbonyl (C=O) groups is 2. The molecule has 1 atom stereocenters. The van der Waals surface area contributed by atoms with Gasteiger partial charge in [0.15, 0.2) is 0 Å². The van der Waals surface area contributed by atoms with E-state index in [0.717, 1.165) is 51.8 Å². The van der Waals surface area contributed by atoms with E-state index in [1.165, 1.54) is 21.4 Å². The van der Waals surface area contributed by atoms with Crippen LogP contribution >= 0.6 is 0 Å². The van der Waals surface area contributed by atoms with Gasteiger partial charge in [-0.15, -0.1) is 0 Å². The molecular weight excluding hydrogens is 516 g/mol. The molecule has 1 unspecified atom stereocenters. The first-order valence-electron chi connectivity index (χ1n) is 15.3. The minimum absolute atomic E-state index is 0.160. The van der Waals surface area contributed by atoms with Crippen molar-refractivity contribution in [3.05, 3.63) is 106 Å². The molecule has 4 nitrogen and oxygen atoms in total. The molecule has 0 aliphatic carbocycles. The van der Waals surface area contributed by atoms with E-state index >= 15 is 0 Å². The predicted molar refractivity (Wildman–Crippen MR) is 175 cm³/mol.